The van der Waals surface area contributed by atoms with Crippen molar-refractivity contribution in [3.05, 3.63) is 12.2 Å². The lowest BCUT2D eigenvalue weighted by molar-refractivity contribution is -0.487. The van der Waals surface area contributed by atoms with Crippen molar-refractivity contribution in [3.63, 3.8) is 0 Å². The summed E-state index contributed by atoms with van der Waals surface area (Å²) in [6.07, 6.45) is 0. The number of rotatable bonds is 2. The van der Waals surface area contributed by atoms with Crippen LogP contribution in [0, 0.1) is 0 Å². The third-order valence-corrected chi connectivity index (χ3v) is 3.16. The Kier molecular flexibility index (Phi) is 5.60. The van der Waals surface area contributed by atoms with E-state index in [9.17, 15) is 53.1 Å². The highest BCUT2D eigenvalue weighted by Gasteiger charge is 3.00. The van der Waals surface area contributed by atoms with E-state index in [1.807, 2.05) is 0 Å². The number of alkyl halides is 11. The largest absolute Gasteiger partial charge is 0.478 e. The van der Waals surface area contributed by atoms with Gasteiger partial charge in [-0.15, -0.1) is 0 Å². The molecule has 1 saturated carbocycles. The predicted octanol–water partition coefficient (Wildman–Crippen LogP) is 3.52. The molecule has 1 aliphatic carbocycles. The molecule has 0 heterocycles. The van der Waals surface area contributed by atoms with Gasteiger partial charge < -0.3 is 10.2 Å². The number of hydrogen-bond donors (Lipinski definition) is 2. The molecule has 1 fully saturated rings. The highest BCUT2D eigenvalue weighted by atomic mass is 19.4. The highest BCUT2D eigenvalue weighted by Crippen LogP contribution is 2.69. The van der Waals surface area contributed by atoms with Crippen molar-refractivity contribution in [2.75, 3.05) is 6.61 Å². The molecule has 0 aliphatic heterocycles. The molecule has 0 amide bonds. The number of aliphatic hydroxyl groups is 1. The molecule has 0 atom stereocenters. The van der Waals surface area contributed by atoms with E-state index in [0.717, 1.165) is 0 Å². The van der Waals surface area contributed by atoms with Gasteiger partial charge in [0.25, 0.3) is 5.67 Å². The molecule has 0 aromatic rings. The van der Waals surface area contributed by atoms with Crippen molar-refractivity contribution in [1.29, 1.82) is 0 Å². The normalized spacial score (nSPS) is 26.8. The summed E-state index contributed by atoms with van der Waals surface area (Å²) >= 11 is 0. The standard InChI is InChI=1S/C7H3F11O.C4H6O2/c8-2(1-19)3(9,10)5(13,14)7(17,18)6(15,16)4(2,11)12;1-3(2)4(5)6/h19H,1H2;1H2,2H3,(H,5,6). The van der Waals surface area contributed by atoms with E-state index in [-0.39, 0.29) is 5.57 Å². The summed E-state index contributed by atoms with van der Waals surface area (Å²) in [5.41, 5.74) is -6.08. The first kappa shape index (κ1) is 23.4. The van der Waals surface area contributed by atoms with Crippen molar-refractivity contribution in [2.45, 2.75) is 42.2 Å². The van der Waals surface area contributed by atoms with Gasteiger partial charge in [-0.05, 0) is 6.92 Å². The van der Waals surface area contributed by atoms with Gasteiger partial charge >= 0.3 is 35.6 Å². The van der Waals surface area contributed by atoms with Crippen LogP contribution in [0.4, 0.5) is 48.3 Å². The van der Waals surface area contributed by atoms with E-state index in [0.29, 0.717) is 0 Å². The lowest BCUT2D eigenvalue weighted by Gasteiger charge is -2.51. The molecule has 0 unspecified atom stereocenters. The molecule has 0 spiro atoms. The minimum atomic E-state index is -7.22. The molecular formula is C11H9F11O3. The minimum absolute atomic E-state index is 0.176. The third kappa shape index (κ3) is 2.64. The molecule has 25 heavy (non-hydrogen) atoms. The fraction of sp³-hybridized carbons (Fsp3) is 0.727. The Morgan fingerprint density at radius 2 is 0.960 bits per heavy atom. The number of aliphatic hydroxyl groups excluding tert-OH is 1. The first-order valence-corrected chi connectivity index (χ1v) is 5.78. The highest BCUT2D eigenvalue weighted by molar-refractivity contribution is 5.84. The summed E-state index contributed by atoms with van der Waals surface area (Å²) in [4.78, 5) is 9.60. The van der Waals surface area contributed by atoms with Crippen molar-refractivity contribution < 1.29 is 63.3 Å². The maximum atomic E-state index is 13.1. The quantitative estimate of drug-likeness (QED) is 0.553. The van der Waals surface area contributed by atoms with Gasteiger partial charge in [0.1, 0.15) is 0 Å². The fourth-order valence-electron chi connectivity index (χ4n) is 1.48. The van der Waals surface area contributed by atoms with Crippen LogP contribution in [-0.4, -0.2) is 58.1 Å². The number of carbonyl (C=O) groups is 1. The van der Waals surface area contributed by atoms with Crippen molar-refractivity contribution in [2.24, 2.45) is 0 Å². The molecule has 0 aromatic carbocycles. The third-order valence-electron chi connectivity index (χ3n) is 3.16. The van der Waals surface area contributed by atoms with Crippen LogP contribution in [0.3, 0.4) is 0 Å². The summed E-state index contributed by atoms with van der Waals surface area (Å²) in [6, 6.07) is 0. The van der Waals surface area contributed by atoms with Crippen LogP contribution in [0.25, 0.3) is 0 Å². The van der Waals surface area contributed by atoms with E-state index in [4.69, 9.17) is 10.2 Å². The Hall–Kier alpha value is -1.60. The number of hydrogen-bond acceptors (Lipinski definition) is 2. The summed E-state index contributed by atoms with van der Waals surface area (Å²) < 4.78 is 140. The van der Waals surface area contributed by atoms with Gasteiger partial charge in [-0.1, -0.05) is 6.58 Å². The lowest BCUT2D eigenvalue weighted by atomic mass is 9.72. The zero-order valence-electron chi connectivity index (χ0n) is 11.9. The van der Waals surface area contributed by atoms with Gasteiger partial charge in [0.15, 0.2) is 0 Å². The van der Waals surface area contributed by atoms with Gasteiger partial charge in [-0.25, -0.2) is 9.18 Å². The van der Waals surface area contributed by atoms with Crippen LogP contribution in [0.2, 0.25) is 0 Å². The predicted molar refractivity (Wildman–Crippen MR) is 58.1 cm³/mol. The SMILES string of the molecule is C=C(C)C(=O)O.OCC1(F)C(F)(F)C(F)(F)C(F)(F)C(F)(F)C1(F)F. The number of aliphatic carboxylic acids is 1. The molecule has 14 heteroatoms. The summed E-state index contributed by atoms with van der Waals surface area (Å²) in [6.45, 7) is 1.39. The van der Waals surface area contributed by atoms with Crippen LogP contribution in [0.5, 0.6) is 0 Å². The average Bonchev–Trinajstić information content (AvgIpc) is 2.44. The smallest absolute Gasteiger partial charge is 0.384 e. The minimum Gasteiger partial charge on any atom is -0.478 e. The zero-order valence-corrected chi connectivity index (χ0v) is 11.9. The van der Waals surface area contributed by atoms with E-state index < -0.39 is 47.9 Å². The Bertz CT molecular complexity index is 513. The second kappa shape index (κ2) is 5.99. The van der Waals surface area contributed by atoms with E-state index in [2.05, 4.69) is 6.58 Å². The molecular weight excluding hydrogens is 389 g/mol. The Balaban J connectivity index is 0.000000823. The summed E-state index contributed by atoms with van der Waals surface area (Å²) in [5, 5.41) is 15.9. The molecule has 0 radical (unpaired) electrons. The second-order valence-electron chi connectivity index (χ2n) is 4.92. The molecule has 0 saturated heterocycles. The lowest BCUT2D eigenvalue weighted by Crippen LogP contribution is -2.84. The Morgan fingerprint density at radius 3 is 1.12 bits per heavy atom. The monoisotopic (exact) mass is 398 g/mol. The summed E-state index contributed by atoms with van der Waals surface area (Å²) in [7, 11) is 0. The molecule has 2 N–H and O–H groups in total. The second-order valence-corrected chi connectivity index (χ2v) is 4.92. The first-order chi connectivity index (χ1) is 10.7. The van der Waals surface area contributed by atoms with Crippen LogP contribution in [0.1, 0.15) is 6.92 Å². The van der Waals surface area contributed by atoms with Crippen LogP contribution in [0.15, 0.2) is 12.2 Å². The zero-order chi connectivity index (χ0) is 20.9. The van der Waals surface area contributed by atoms with Crippen LogP contribution >= 0.6 is 0 Å². The van der Waals surface area contributed by atoms with Crippen LogP contribution in [-0.2, 0) is 4.79 Å². The fourth-order valence-corrected chi connectivity index (χ4v) is 1.48. The molecule has 1 aliphatic rings. The molecule has 148 valence electrons. The number of carboxylic acids is 1. The van der Waals surface area contributed by atoms with Gasteiger partial charge in [0, 0.05) is 5.57 Å². The summed E-state index contributed by atoms with van der Waals surface area (Å²) in [5.74, 6) is -36.3. The molecule has 3 nitrogen and oxygen atoms in total. The first-order valence-electron chi connectivity index (χ1n) is 5.78. The van der Waals surface area contributed by atoms with E-state index >= 15 is 0 Å². The van der Waals surface area contributed by atoms with Gasteiger partial charge in [0.05, 0.1) is 6.61 Å². The van der Waals surface area contributed by atoms with E-state index in [1.54, 1.807) is 0 Å². The molecule has 0 bridgehead atoms. The van der Waals surface area contributed by atoms with E-state index in [1.165, 1.54) is 6.92 Å². The van der Waals surface area contributed by atoms with Crippen molar-refractivity contribution in [1.82, 2.24) is 0 Å². The van der Waals surface area contributed by atoms with Crippen molar-refractivity contribution >= 4 is 5.97 Å². The van der Waals surface area contributed by atoms with Gasteiger partial charge in [-0.3, -0.25) is 0 Å². The Labute approximate surface area is 131 Å². The number of carboxylic acid groups (broad SMARTS) is 1. The Morgan fingerprint density at radius 1 is 0.760 bits per heavy atom. The van der Waals surface area contributed by atoms with Gasteiger partial charge in [-0.2, -0.15) is 43.9 Å². The average molecular weight is 398 g/mol. The number of halogens is 11. The maximum Gasteiger partial charge on any atom is 0.384 e. The van der Waals surface area contributed by atoms with Crippen LogP contribution < -0.4 is 0 Å². The molecule has 0 aromatic heterocycles. The molecule has 1 rings (SSSR count). The van der Waals surface area contributed by atoms with Crippen molar-refractivity contribution in [3.8, 4) is 0 Å². The topological polar surface area (TPSA) is 57.5 Å². The van der Waals surface area contributed by atoms with Gasteiger partial charge in [0.2, 0.25) is 0 Å². The maximum absolute atomic E-state index is 13.1.